The van der Waals surface area contributed by atoms with Gasteiger partial charge < -0.3 is 10.1 Å². The lowest BCUT2D eigenvalue weighted by Gasteiger charge is -2.18. The lowest BCUT2D eigenvalue weighted by Crippen LogP contribution is -2.37. The lowest BCUT2D eigenvalue weighted by molar-refractivity contribution is 0.0927. The van der Waals surface area contributed by atoms with Crippen LogP contribution in [-0.4, -0.2) is 27.0 Å². The first-order valence-electron chi connectivity index (χ1n) is 9.53. The molecule has 0 aliphatic heterocycles. The Morgan fingerprint density at radius 2 is 1.57 bits per heavy atom. The number of hydrogen-bond donors (Lipinski definition) is 2. The summed E-state index contributed by atoms with van der Waals surface area (Å²) < 4.78 is 33.5. The topological polar surface area (TPSA) is 84.5 Å². The number of carbonyl (C=O) groups excluding carboxylic acids is 1. The molecule has 1 atom stereocenters. The SMILES string of the molecule is Cc1ccccc1OCC(C)NC(=O)c1ccccc1NS(=O)(=O)c1ccccc1. The number of aryl methyl sites for hydroxylation is 1. The van der Waals surface area contributed by atoms with E-state index in [0.717, 1.165) is 11.3 Å². The quantitative estimate of drug-likeness (QED) is 0.573. The highest BCUT2D eigenvalue weighted by molar-refractivity contribution is 7.92. The molecule has 30 heavy (non-hydrogen) atoms. The van der Waals surface area contributed by atoms with Crippen LogP contribution < -0.4 is 14.8 Å². The van der Waals surface area contributed by atoms with Crippen LogP contribution in [0.2, 0.25) is 0 Å². The highest BCUT2D eigenvalue weighted by Crippen LogP contribution is 2.20. The molecule has 0 fully saturated rings. The van der Waals surface area contributed by atoms with E-state index in [9.17, 15) is 13.2 Å². The van der Waals surface area contributed by atoms with Gasteiger partial charge >= 0.3 is 0 Å². The molecular weight excluding hydrogens is 400 g/mol. The van der Waals surface area contributed by atoms with Crippen LogP contribution in [0.25, 0.3) is 0 Å². The van der Waals surface area contributed by atoms with Crippen LogP contribution in [0.5, 0.6) is 5.75 Å². The Labute approximate surface area is 177 Å². The summed E-state index contributed by atoms with van der Waals surface area (Å²) in [6, 6.07) is 21.9. The second-order valence-electron chi connectivity index (χ2n) is 6.92. The van der Waals surface area contributed by atoms with Crippen molar-refractivity contribution in [2.45, 2.75) is 24.8 Å². The number of para-hydroxylation sites is 2. The van der Waals surface area contributed by atoms with E-state index in [0.29, 0.717) is 0 Å². The number of hydrogen-bond acceptors (Lipinski definition) is 4. The maximum atomic E-state index is 12.8. The fourth-order valence-electron chi connectivity index (χ4n) is 2.85. The van der Waals surface area contributed by atoms with E-state index in [1.54, 1.807) is 42.5 Å². The normalized spacial score (nSPS) is 12.1. The van der Waals surface area contributed by atoms with Crippen molar-refractivity contribution in [3.8, 4) is 5.75 Å². The third kappa shape index (κ3) is 5.39. The molecule has 0 heterocycles. The molecular formula is C23H24N2O4S. The predicted octanol–water partition coefficient (Wildman–Crippen LogP) is 3.99. The third-order valence-electron chi connectivity index (χ3n) is 4.43. The minimum Gasteiger partial charge on any atom is -0.491 e. The fraction of sp³-hybridized carbons (Fsp3) is 0.174. The van der Waals surface area contributed by atoms with Crippen molar-refractivity contribution in [1.29, 1.82) is 0 Å². The van der Waals surface area contributed by atoms with Crippen LogP contribution >= 0.6 is 0 Å². The van der Waals surface area contributed by atoms with E-state index < -0.39 is 10.0 Å². The molecule has 0 saturated carbocycles. The Hall–Kier alpha value is -3.32. The van der Waals surface area contributed by atoms with E-state index in [4.69, 9.17) is 4.74 Å². The number of carbonyl (C=O) groups is 1. The number of benzene rings is 3. The molecule has 0 aliphatic carbocycles. The molecule has 156 valence electrons. The van der Waals surface area contributed by atoms with Gasteiger partial charge in [-0.05, 0) is 49.7 Å². The number of anilines is 1. The average molecular weight is 425 g/mol. The summed E-state index contributed by atoms with van der Waals surface area (Å²) in [5.74, 6) is 0.372. The number of rotatable bonds is 8. The number of amides is 1. The van der Waals surface area contributed by atoms with Gasteiger partial charge in [0.15, 0.2) is 0 Å². The second kappa shape index (κ2) is 9.45. The monoisotopic (exact) mass is 424 g/mol. The molecule has 1 unspecified atom stereocenters. The van der Waals surface area contributed by atoms with Crippen LogP contribution in [0, 0.1) is 6.92 Å². The van der Waals surface area contributed by atoms with Crippen molar-refractivity contribution < 1.29 is 17.9 Å². The van der Waals surface area contributed by atoms with Gasteiger partial charge in [-0.25, -0.2) is 8.42 Å². The molecule has 0 aromatic heterocycles. The van der Waals surface area contributed by atoms with Crippen molar-refractivity contribution in [2.24, 2.45) is 0 Å². The minimum absolute atomic E-state index is 0.125. The zero-order valence-corrected chi connectivity index (χ0v) is 17.6. The van der Waals surface area contributed by atoms with E-state index in [1.165, 1.54) is 12.1 Å². The summed E-state index contributed by atoms with van der Waals surface area (Å²) in [7, 11) is -3.80. The number of sulfonamides is 1. The van der Waals surface area contributed by atoms with Crippen molar-refractivity contribution in [2.75, 3.05) is 11.3 Å². The molecule has 0 spiro atoms. The van der Waals surface area contributed by atoms with Crippen molar-refractivity contribution in [3.63, 3.8) is 0 Å². The molecule has 0 saturated heterocycles. The van der Waals surface area contributed by atoms with Crippen molar-refractivity contribution in [3.05, 3.63) is 90.0 Å². The van der Waals surface area contributed by atoms with E-state index in [1.807, 2.05) is 38.1 Å². The van der Waals surface area contributed by atoms with Gasteiger partial charge in [0.1, 0.15) is 12.4 Å². The molecule has 2 N–H and O–H groups in total. The van der Waals surface area contributed by atoms with E-state index >= 15 is 0 Å². The van der Waals surface area contributed by atoms with Gasteiger partial charge in [0.25, 0.3) is 15.9 Å². The van der Waals surface area contributed by atoms with Gasteiger partial charge in [0.2, 0.25) is 0 Å². The first-order chi connectivity index (χ1) is 14.4. The van der Waals surface area contributed by atoms with Crippen molar-refractivity contribution in [1.82, 2.24) is 5.32 Å². The molecule has 0 bridgehead atoms. The van der Waals surface area contributed by atoms with Gasteiger partial charge in [-0.2, -0.15) is 0 Å². The maximum absolute atomic E-state index is 12.8. The molecule has 1 amide bonds. The van der Waals surface area contributed by atoms with Gasteiger partial charge in [0.05, 0.1) is 22.2 Å². The first kappa shape index (κ1) is 21.4. The fourth-order valence-corrected chi connectivity index (χ4v) is 3.95. The lowest BCUT2D eigenvalue weighted by atomic mass is 10.1. The molecule has 0 radical (unpaired) electrons. The maximum Gasteiger partial charge on any atom is 0.261 e. The summed E-state index contributed by atoms with van der Waals surface area (Å²) in [5, 5.41) is 2.85. The molecule has 7 heteroatoms. The number of ether oxygens (including phenoxy) is 1. The highest BCUT2D eigenvalue weighted by atomic mass is 32.2. The van der Waals surface area contributed by atoms with Gasteiger partial charge in [-0.3, -0.25) is 9.52 Å². The zero-order chi connectivity index (χ0) is 21.6. The second-order valence-corrected chi connectivity index (χ2v) is 8.60. The van der Waals surface area contributed by atoms with Gasteiger partial charge in [-0.1, -0.05) is 48.5 Å². The molecule has 6 nitrogen and oxygen atoms in total. The molecule has 3 aromatic rings. The van der Waals surface area contributed by atoms with Gasteiger partial charge in [0, 0.05) is 0 Å². The number of nitrogens with one attached hydrogen (secondary N) is 2. The molecule has 0 aliphatic rings. The molecule has 3 aromatic carbocycles. The van der Waals surface area contributed by atoms with Crippen LogP contribution in [0.1, 0.15) is 22.8 Å². The standard InChI is InChI=1S/C23H24N2O4S/c1-17-10-6-9-15-22(17)29-16-18(2)24-23(26)20-13-7-8-14-21(20)25-30(27,28)19-11-4-3-5-12-19/h3-15,18,25H,16H2,1-2H3,(H,24,26). The largest absolute Gasteiger partial charge is 0.491 e. The summed E-state index contributed by atoms with van der Waals surface area (Å²) in [4.78, 5) is 12.9. The summed E-state index contributed by atoms with van der Waals surface area (Å²) in [5.41, 5.74) is 1.46. The zero-order valence-electron chi connectivity index (χ0n) is 16.8. The Bertz CT molecular complexity index is 1110. The van der Waals surface area contributed by atoms with Crippen LogP contribution in [0.15, 0.2) is 83.8 Å². The summed E-state index contributed by atoms with van der Waals surface area (Å²) >= 11 is 0. The summed E-state index contributed by atoms with van der Waals surface area (Å²) in [6.07, 6.45) is 0. The average Bonchev–Trinajstić information content (AvgIpc) is 2.74. The van der Waals surface area contributed by atoms with Gasteiger partial charge in [-0.15, -0.1) is 0 Å². The van der Waals surface area contributed by atoms with Crippen LogP contribution in [-0.2, 0) is 10.0 Å². The van der Waals surface area contributed by atoms with E-state index in [2.05, 4.69) is 10.0 Å². The first-order valence-corrected chi connectivity index (χ1v) is 11.0. The smallest absolute Gasteiger partial charge is 0.261 e. The predicted molar refractivity (Wildman–Crippen MR) is 117 cm³/mol. The van der Waals surface area contributed by atoms with E-state index in [-0.39, 0.29) is 34.7 Å². The Morgan fingerprint density at radius 1 is 0.933 bits per heavy atom. The summed E-state index contributed by atoms with van der Waals surface area (Å²) in [6.45, 7) is 4.06. The Morgan fingerprint density at radius 3 is 2.30 bits per heavy atom. The third-order valence-corrected chi connectivity index (χ3v) is 5.81. The Balaban J connectivity index is 1.69. The van der Waals surface area contributed by atoms with Crippen LogP contribution in [0.4, 0.5) is 5.69 Å². The minimum atomic E-state index is -3.80. The Kier molecular flexibility index (Phi) is 6.74. The highest BCUT2D eigenvalue weighted by Gasteiger charge is 2.19. The molecule has 3 rings (SSSR count). The van der Waals surface area contributed by atoms with Crippen LogP contribution in [0.3, 0.4) is 0 Å². The van der Waals surface area contributed by atoms with Crippen molar-refractivity contribution >= 4 is 21.6 Å².